The molecule has 8 heteroatoms. The maximum Gasteiger partial charge on any atom is 0.244 e. The minimum absolute atomic E-state index is 0.186. The predicted octanol–water partition coefficient (Wildman–Crippen LogP) is 4.48. The standard InChI is InChI=1S/C23H21N5O2S/c1-14-17-7-8-25-20(17)5-4-19(14)28-22-15(12-24)13-27-23-18(22)11-16(31-23)3-6-21(29)26-9-10-30-2/h3-8,11,13,25H,9-10H2,1-2H3,(H,26,29)(H,27,28)/b6-3+. The van der Waals surface area contributed by atoms with Crippen molar-refractivity contribution in [3.05, 3.63) is 58.7 Å². The number of fused-ring (bicyclic) bond motifs is 2. The van der Waals surface area contributed by atoms with Crippen LogP contribution in [0.5, 0.6) is 0 Å². The summed E-state index contributed by atoms with van der Waals surface area (Å²) in [6.07, 6.45) is 6.73. The molecule has 0 saturated carbocycles. The topological polar surface area (TPSA) is 103 Å². The van der Waals surface area contributed by atoms with E-state index in [0.717, 1.165) is 37.2 Å². The number of amides is 1. The number of H-pyrrole nitrogens is 1. The molecule has 0 aliphatic rings. The molecule has 0 aliphatic heterocycles. The van der Waals surface area contributed by atoms with Gasteiger partial charge in [-0.05, 0) is 42.8 Å². The first-order valence-electron chi connectivity index (χ1n) is 9.72. The zero-order chi connectivity index (χ0) is 21.8. The second-order valence-electron chi connectivity index (χ2n) is 6.95. The second kappa shape index (κ2) is 9.00. The lowest BCUT2D eigenvalue weighted by Gasteiger charge is -2.12. The number of nitrogens with zero attached hydrogens (tertiary/aromatic N) is 2. The summed E-state index contributed by atoms with van der Waals surface area (Å²) in [6.45, 7) is 2.97. The Balaban J connectivity index is 1.67. The van der Waals surface area contributed by atoms with Crippen molar-refractivity contribution < 1.29 is 9.53 Å². The van der Waals surface area contributed by atoms with Crippen molar-refractivity contribution >= 4 is 55.8 Å². The molecule has 0 radical (unpaired) electrons. The number of rotatable bonds is 7. The summed E-state index contributed by atoms with van der Waals surface area (Å²) < 4.78 is 4.93. The first-order valence-corrected chi connectivity index (χ1v) is 10.5. The van der Waals surface area contributed by atoms with Crippen molar-refractivity contribution in [2.75, 3.05) is 25.6 Å². The van der Waals surface area contributed by atoms with E-state index in [0.29, 0.717) is 24.4 Å². The van der Waals surface area contributed by atoms with Gasteiger partial charge in [-0.25, -0.2) is 4.98 Å². The lowest BCUT2D eigenvalue weighted by Crippen LogP contribution is -2.24. The summed E-state index contributed by atoms with van der Waals surface area (Å²) in [7, 11) is 1.59. The van der Waals surface area contributed by atoms with Crippen LogP contribution in [0.4, 0.5) is 11.4 Å². The molecule has 0 spiro atoms. The summed E-state index contributed by atoms with van der Waals surface area (Å²) in [5, 5.41) is 17.8. The second-order valence-corrected chi connectivity index (χ2v) is 8.01. The Hall–Kier alpha value is -3.67. The number of anilines is 2. The molecule has 0 fully saturated rings. The van der Waals surface area contributed by atoms with Gasteiger partial charge >= 0.3 is 0 Å². The van der Waals surface area contributed by atoms with Crippen LogP contribution in [-0.4, -0.2) is 36.1 Å². The van der Waals surface area contributed by atoms with E-state index in [4.69, 9.17) is 4.74 Å². The van der Waals surface area contributed by atoms with Crippen LogP contribution in [0.25, 0.3) is 27.2 Å². The average Bonchev–Trinajstić information content (AvgIpc) is 3.42. The van der Waals surface area contributed by atoms with Gasteiger partial charge in [0.25, 0.3) is 0 Å². The highest BCUT2D eigenvalue weighted by Crippen LogP contribution is 2.36. The molecular formula is C23H21N5O2S. The molecule has 7 nitrogen and oxygen atoms in total. The minimum atomic E-state index is -0.186. The number of nitrogens with one attached hydrogen (secondary N) is 3. The largest absolute Gasteiger partial charge is 0.383 e. The van der Waals surface area contributed by atoms with E-state index >= 15 is 0 Å². The smallest absolute Gasteiger partial charge is 0.244 e. The third kappa shape index (κ3) is 4.28. The fourth-order valence-electron chi connectivity index (χ4n) is 3.36. The summed E-state index contributed by atoms with van der Waals surface area (Å²) in [4.78, 5) is 21.2. The van der Waals surface area contributed by atoms with Crippen molar-refractivity contribution in [1.29, 1.82) is 5.26 Å². The zero-order valence-corrected chi connectivity index (χ0v) is 18.0. The Morgan fingerprint density at radius 1 is 1.35 bits per heavy atom. The van der Waals surface area contributed by atoms with Gasteiger partial charge in [0.05, 0.1) is 17.9 Å². The van der Waals surface area contributed by atoms with Crippen LogP contribution in [-0.2, 0) is 9.53 Å². The van der Waals surface area contributed by atoms with Crippen LogP contribution in [0.1, 0.15) is 16.0 Å². The Kier molecular flexibility index (Phi) is 5.98. The van der Waals surface area contributed by atoms with Crippen LogP contribution in [0.3, 0.4) is 0 Å². The number of nitriles is 1. The van der Waals surface area contributed by atoms with Crippen molar-refractivity contribution in [3.8, 4) is 6.07 Å². The zero-order valence-electron chi connectivity index (χ0n) is 17.2. The molecule has 3 heterocycles. The molecule has 4 rings (SSSR count). The Labute approximate surface area is 183 Å². The van der Waals surface area contributed by atoms with E-state index in [1.807, 2.05) is 37.4 Å². The third-order valence-electron chi connectivity index (χ3n) is 4.97. The number of carbonyl (C=O) groups excluding carboxylic acids is 1. The number of hydrogen-bond donors (Lipinski definition) is 3. The molecule has 3 N–H and O–H groups in total. The number of methoxy groups -OCH3 is 1. The van der Waals surface area contributed by atoms with Crippen molar-refractivity contribution in [1.82, 2.24) is 15.3 Å². The number of aromatic nitrogens is 2. The molecule has 1 aromatic carbocycles. The molecule has 0 bridgehead atoms. The summed E-state index contributed by atoms with van der Waals surface area (Å²) >= 11 is 1.46. The van der Waals surface area contributed by atoms with Gasteiger partial charge in [-0.1, -0.05) is 0 Å². The SMILES string of the molecule is COCCNC(=O)/C=C/c1cc2c(Nc3ccc4[nH]ccc4c3C)c(C#N)cnc2s1. The predicted molar refractivity (Wildman–Crippen MR) is 125 cm³/mol. The molecule has 0 atom stereocenters. The molecule has 31 heavy (non-hydrogen) atoms. The molecule has 156 valence electrons. The first-order chi connectivity index (χ1) is 15.1. The molecule has 3 aromatic heterocycles. The first kappa shape index (κ1) is 20.6. The van der Waals surface area contributed by atoms with Gasteiger partial charge in [-0.2, -0.15) is 5.26 Å². The van der Waals surface area contributed by atoms with Crippen molar-refractivity contribution in [2.45, 2.75) is 6.92 Å². The van der Waals surface area contributed by atoms with Gasteiger partial charge in [0.2, 0.25) is 5.91 Å². The fraction of sp³-hybridized carbons (Fsp3) is 0.174. The molecular weight excluding hydrogens is 410 g/mol. The van der Waals surface area contributed by atoms with Crippen LogP contribution in [0, 0.1) is 18.3 Å². The van der Waals surface area contributed by atoms with Gasteiger partial charge in [0, 0.05) is 59.0 Å². The molecule has 0 unspecified atom stereocenters. The molecule has 4 aromatic rings. The number of aromatic amines is 1. The average molecular weight is 432 g/mol. The highest BCUT2D eigenvalue weighted by atomic mass is 32.1. The van der Waals surface area contributed by atoms with Crippen LogP contribution in [0.15, 0.2) is 42.7 Å². The number of thiophene rings is 1. The quantitative estimate of drug-likeness (QED) is 0.296. The monoisotopic (exact) mass is 431 g/mol. The number of ether oxygens (including phenoxy) is 1. The third-order valence-corrected chi connectivity index (χ3v) is 5.98. The molecule has 1 amide bonds. The summed E-state index contributed by atoms with van der Waals surface area (Å²) in [6, 6.07) is 10.2. The van der Waals surface area contributed by atoms with E-state index in [9.17, 15) is 10.1 Å². The van der Waals surface area contributed by atoms with Crippen LogP contribution >= 0.6 is 11.3 Å². The van der Waals surface area contributed by atoms with Gasteiger partial charge in [-0.15, -0.1) is 11.3 Å². The Morgan fingerprint density at radius 2 is 2.23 bits per heavy atom. The Morgan fingerprint density at radius 3 is 3.03 bits per heavy atom. The Bertz CT molecular complexity index is 1330. The maximum absolute atomic E-state index is 11.9. The number of benzene rings is 1. The molecule has 0 saturated heterocycles. The summed E-state index contributed by atoms with van der Waals surface area (Å²) in [5.41, 5.74) is 4.26. The van der Waals surface area contributed by atoms with Crippen LogP contribution in [0.2, 0.25) is 0 Å². The van der Waals surface area contributed by atoms with Crippen LogP contribution < -0.4 is 10.6 Å². The van der Waals surface area contributed by atoms with E-state index in [1.165, 1.54) is 17.4 Å². The normalized spacial score (nSPS) is 11.3. The lowest BCUT2D eigenvalue weighted by atomic mass is 10.1. The number of hydrogen-bond acceptors (Lipinski definition) is 6. The van der Waals surface area contributed by atoms with Gasteiger partial charge in [0.1, 0.15) is 10.9 Å². The van der Waals surface area contributed by atoms with E-state index in [-0.39, 0.29) is 5.91 Å². The number of carbonyl (C=O) groups is 1. The van der Waals surface area contributed by atoms with Gasteiger partial charge in [-0.3, -0.25) is 4.79 Å². The van der Waals surface area contributed by atoms with Crippen molar-refractivity contribution in [3.63, 3.8) is 0 Å². The van der Waals surface area contributed by atoms with E-state index in [2.05, 4.69) is 26.7 Å². The van der Waals surface area contributed by atoms with Gasteiger partial charge in [0.15, 0.2) is 0 Å². The minimum Gasteiger partial charge on any atom is -0.383 e. The van der Waals surface area contributed by atoms with E-state index < -0.39 is 0 Å². The summed E-state index contributed by atoms with van der Waals surface area (Å²) in [5.74, 6) is -0.186. The van der Waals surface area contributed by atoms with Gasteiger partial charge < -0.3 is 20.4 Å². The van der Waals surface area contributed by atoms with E-state index in [1.54, 1.807) is 19.4 Å². The molecule has 0 aliphatic carbocycles. The fourth-order valence-corrected chi connectivity index (χ4v) is 4.27. The number of pyridine rings is 1. The highest BCUT2D eigenvalue weighted by molar-refractivity contribution is 7.19. The maximum atomic E-state index is 11.9. The number of aryl methyl sites for hydroxylation is 1. The lowest BCUT2D eigenvalue weighted by molar-refractivity contribution is -0.116. The van der Waals surface area contributed by atoms with Crippen molar-refractivity contribution in [2.24, 2.45) is 0 Å². The highest BCUT2D eigenvalue weighted by Gasteiger charge is 2.14.